The number of hydrogen-bond acceptors (Lipinski definition) is 2. The van der Waals surface area contributed by atoms with Crippen molar-refractivity contribution in [2.45, 2.75) is 64.7 Å². The van der Waals surface area contributed by atoms with Gasteiger partial charge in [0.25, 0.3) is 0 Å². The third-order valence-electron chi connectivity index (χ3n) is 7.59. The van der Waals surface area contributed by atoms with Gasteiger partial charge in [-0.1, -0.05) is 30.6 Å². The molecule has 0 aromatic carbocycles. The van der Waals surface area contributed by atoms with Gasteiger partial charge in [0, 0.05) is 11.8 Å². The van der Waals surface area contributed by atoms with Crippen molar-refractivity contribution in [2.24, 2.45) is 22.7 Å². The van der Waals surface area contributed by atoms with E-state index < -0.39 is 0 Å². The molecule has 1 nitrogen and oxygen atoms in total. The molecular weight excluding hydrogens is 300 g/mol. The second-order valence-corrected chi connectivity index (χ2v) is 9.61. The second-order valence-electron chi connectivity index (χ2n) is 8.62. The van der Waals surface area contributed by atoms with Crippen LogP contribution in [0.4, 0.5) is 0 Å². The number of ketones is 1. The molecule has 0 aromatic rings. The zero-order valence-corrected chi connectivity index (χ0v) is 15.5. The fourth-order valence-corrected chi connectivity index (χ4v) is 6.93. The first kappa shape index (κ1) is 16.0. The highest BCUT2D eigenvalue weighted by Crippen LogP contribution is 2.64. The highest BCUT2D eigenvalue weighted by molar-refractivity contribution is 7.98. The Morgan fingerprint density at radius 3 is 2.96 bits per heavy atom. The van der Waals surface area contributed by atoms with Crippen molar-refractivity contribution in [1.29, 1.82) is 0 Å². The van der Waals surface area contributed by atoms with Crippen LogP contribution in [0, 0.1) is 22.7 Å². The first-order valence-electron chi connectivity index (χ1n) is 9.52. The monoisotopic (exact) mass is 330 g/mol. The maximum Gasteiger partial charge on any atom is 0.155 e. The van der Waals surface area contributed by atoms with Crippen LogP contribution in [-0.4, -0.2) is 17.8 Å². The Labute approximate surface area is 145 Å². The van der Waals surface area contributed by atoms with Crippen molar-refractivity contribution in [3.05, 3.63) is 23.3 Å². The van der Waals surface area contributed by atoms with Gasteiger partial charge in [0.2, 0.25) is 0 Å². The van der Waals surface area contributed by atoms with E-state index in [0.29, 0.717) is 11.2 Å². The van der Waals surface area contributed by atoms with E-state index in [1.54, 1.807) is 5.57 Å². The quantitative estimate of drug-likeness (QED) is 0.630. The van der Waals surface area contributed by atoms with E-state index in [4.69, 9.17) is 0 Å². The van der Waals surface area contributed by atoms with E-state index in [-0.39, 0.29) is 5.41 Å². The van der Waals surface area contributed by atoms with Crippen LogP contribution in [0.15, 0.2) is 23.3 Å². The molecule has 4 aliphatic rings. The van der Waals surface area contributed by atoms with Gasteiger partial charge in [0.15, 0.2) is 5.78 Å². The Bertz CT molecular complexity index is 574. The molecule has 0 N–H and O–H groups in total. The molecule has 0 radical (unpaired) electrons. The molecule has 0 aliphatic heterocycles. The minimum absolute atomic E-state index is 0.254. The minimum atomic E-state index is 0.254. The van der Waals surface area contributed by atoms with Crippen molar-refractivity contribution in [3.63, 3.8) is 0 Å². The number of fused-ring (bicyclic) bond motifs is 5. The molecule has 4 atom stereocenters. The lowest BCUT2D eigenvalue weighted by Crippen LogP contribution is -2.44. The van der Waals surface area contributed by atoms with Gasteiger partial charge in [-0.05, 0) is 80.3 Å². The van der Waals surface area contributed by atoms with Crippen LogP contribution < -0.4 is 0 Å². The second kappa shape index (κ2) is 5.79. The Morgan fingerprint density at radius 2 is 2.13 bits per heavy atom. The molecule has 2 heteroatoms. The maximum atomic E-state index is 12.0. The molecule has 0 unspecified atom stereocenters. The molecule has 0 amide bonds. The van der Waals surface area contributed by atoms with Gasteiger partial charge in [0.1, 0.15) is 0 Å². The molecule has 0 spiro atoms. The molecule has 0 saturated heterocycles. The summed E-state index contributed by atoms with van der Waals surface area (Å²) >= 11 is 1.97. The van der Waals surface area contributed by atoms with Gasteiger partial charge >= 0.3 is 0 Å². The fourth-order valence-electron chi connectivity index (χ4n) is 6.38. The Balaban J connectivity index is 1.76. The number of allylic oxidation sites excluding steroid dienone is 4. The zero-order chi connectivity index (χ0) is 16.1. The summed E-state index contributed by atoms with van der Waals surface area (Å²) in [5, 5.41) is 0. The molecule has 23 heavy (non-hydrogen) atoms. The normalized spacial score (nSPS) is 42.4. The van der Waals surface area contributed by atoms with Crippen molar-refractivity contribution in [1.82, 2.24) is 0 Å². The molecule has 0 bridgehead atoms. The van der Waals surface area contributed by atoms with Gasteiger partial charge in [-0.25, -0.2) is 0 Å². The summed E-state index contributed by atoms with van der Waals surface area (Å²) in [6.45, 7) is 2.54. The van der Waals surface area contributed by atoms with Crippen LogP contribution in [0.1, 0.15) is 64.7 Å². The number of rotatable bonds is 3. The Morgan fingerprint density at radius 1 is 1.26 bits per heavy atom. The number of hydrogen-bond donors (Lipinski definition) is 0. The molecule has 0 heterocycles. The van der Waals surface area contributed by atoms with Crippen LogP contribution >= 0.6 is 11.8 Å². The summed E-state index contributed by atoms with van der Waals surface area (Å²) in [5.74, 6) is 3.31. The van der Waals surface area contributed by atoms with E-state index in [0.717, 1.165) is 24.7 Å². The van der Waals surface area contributed by atoms with Crippen molar-refractivity contribution < 1.29 is 4.79 Å². The lowest BCUT2D eigenvalue weighted by atomic mass is 9.51. The largest absolute Gasteiger partial charge is 0.295 e. The van der Waals surface area contributed by atoms with Gasteiger partial charge in [-0.2, -0.15) is 11.8 Å². The molecule has 4 rings (SSSR count). The van der Waals surface area contributed by atoms with Crippen molar-refractivity contribution in [3.8, 4) is 0 Å². The maximum absolute atomic E-state index is 12.0. The Kier molecular flexibility index (Phi) is 4.03. The van der Waals surface area contributed by atoms with Crippen LogP contribution in [-0.2, 0) is 4.79 Å². The highest BCUT2D eigenvalue weighted by Gasteiger charge is 2.53. The summed E-state index contributed by atoms with van der Waals surface area (Å²) in [7, 11) is 0. The van der Waals surface area contributed by atoms with Gasteiger partial charge < -0.3 is 0 Å². The van der Waals surface area contributed by atoms with E-state index in [1.807, 2.05) is 17.8 Å². The van der Waals surface area contributed by atoms with Crippen LogP contribution in [0.25, 0.3) is 0 Å². The number of thioether (sulfide) groups is 1. The molecule has 0 aromatic heterocycles. The molecule has 2 saturated carbocycles. The molecule has 2 fully saturated rings. The third kappa shape index (κ3) is 2.39. The van der Waals surface area contributed by atoms with E-state index in [1.165, 1.54) is 56.3 Å². The smallest absolute Gasteiger partial charge is 0.155 e. The standard InChI is InChI=1S/C21H30OS/c1-20-9-3-4-18(20)17-6-5-15-14-16(22)7-11-21(15,12-13-23-2)19(17)8-10-20/h8,14,17-18H,3-7,9-13H2,1-2H3/t17-,18-,20-,21+/m0/s1. The molecule has 4 aliphatic carbocycles. The van der Waals surface area contributed by atoms with Crippen LogP contribution in [0.2, 0.25) is 0 Å². The SMILES string of the molecule is CSCC[C@]12CCC(=O)C=C1CC[C@@H]1C2=CC[C@]2(C)CCC[C@@H]12. The van der Waals surface area contributed by atoms with E-state index >= 15 is 0 Å². The fraction of sp³-hybridized carbons (Fsp3) is 0.762. The Hall–Kier alpha value is -0.500. The van der Waals surface area contributed by atoms with Crippen LogP contribution in [0.5, 0.6) is 0 Å². The average molecular weight is 331 g/mol. The first-order chi connectivity index (χ1) is 11.1. The van der Waals surface area contributed by atoms with Crippen LogP contribution in [0.3, 0.4) is 0 Å². The minimum Gasteiger partial charge on any atom is -0.295 e. The summed E-state index contributed by atoms with van der Waals surface area (Å²) in [5.41, 5.74) is 4.08. The average Bonchev–Trinajstić information content (AvgIpc) is 2.95. The van der Waals surface area contributed by atoms with Gasteiger partial charge in [0.05, 0.1) is 0 Å². The van der Waals surface area contributed by atoms with Gasteiger partial charge in [-0.3, -0.25) is 4.79 Å². The highest BCUT2D eigenvalue weighted by atomic mass is 32.2. The summed E-state index contributed by atoms with van der Waals surface area (Å²) in [6, 6.07) is 0. The summed E-state index contributed by atoms with van der Waals surface area (Å²) < 4.78 is 0. The number of carbonyl (C=O) groups excluding carboxylic acids is 1. The zero-order valence-electron chi connectivity index (χ0n) is 14.7. The first-order valence-corrected chi connectivity index (χ1v) is 10.9. The third-order valence-corrected chi connectivity index (χ3v) is 8.20. The number of carbonyl (C=O) groups is 1. The predicted octanol–water partition coefficient (Wildman–Crippen LogP) is 5.56. The van der Waals surface area contributed by atoms with Crippen molar-refractivity contribution in [2.75, 3.05) is 12.0 Å². The molecular formula is C21H30OS. The summed E-state index contributed by atoms with van der Waals surface area (Å²) in [4.78, 5) is 12.0. The predicted molar refractivity (Wildman–Crippen MR) is 98.6 cm³/mol. The van der Waals surface area contributed by atoms with E-state index in [2.05, 4.69) is 19.3 Å². The molecule has 126 valence electrons. The lowest BCUT2D eigenvalue weighted by molar-refractivity contribution is -0.115. The van der Waals surface area contributed by atoms with Crippen molar-refractivity contribution >= 4 is 17.5 Å². The summed E-state index contributed by atoms with van der Waals surface area (Å²) in [6.07, 6.45) is 18.1. The van der Waals surface area contributed by atoms with Gasteiger partial charge in [-0.15, -0.1) is 0 Å². The lowest BCUT2D eigenvalue weighted by Gasteiger charge is -2.54. The van der Waals surface area contributed by atoms with E-state index in [9.17, 15) is 4.79 Å². The topological polar surface area (TPSA) is 17.1 Å².